The number of anilines is 1. The Morgan fingerprint density at radius 3 is 2.67 bits per heavy atom. The highest BCUT2D eigenvalue weighted by Crippen LogP contribution is 2.25. The predicted octanol–water partition coefficient (Wildman–Crippen LogP) is 2.95. The van der Waals surface area contributed by atoms with Crippen molar-refractivity contribution >= 4 is 34.9 Å². The van der Waals surface area contributed by atoms with E-state index in [1.807, 2.05) is 0 Å². The van der Waals surface area contributed by atoms with Gasteiger partial charge in [0.25, 0.3) is 0 Å². The maximum atomic E-state index is 12.0. The van der Waals surface area contributed by atoms with Crippen LogP contribution in [0.4, 0.5) is 10.5 Å². The highest BCUT2D eigenvalue weighted by atomic mass is 35.5. The monoisotopic (exact) mass is 287 g/mol. The zero-order valence-electron chi connectivity index (χ0n) is 9.83. The van der Waals surface area contributed by atoms with Gasteiger partial charge in [-0.05, 0) is 31.0 Å². The van der Waals surface area contributed by atoms with Crippen molar-refractivity contribution in [3.63, 3.8) is 0 Å². The molecule has 0 radical (unpaired) electrons. The number of nitrogens with zero attached hydrogens (tertiary/aromatic N) is 1. The molecule has 1 saturated heterocycles. The third-order valence-corrected chi connectivity index (χ3v) is 3.56. The first-order valence-corrected chi connectivity index (χ1v) is 6.58. The third kappa shape index (κ3) is 3.28. The molecule has 1 heterocycles. The molecule has 6 heteroatoms. The van der Waals surface area contributed by atoms with Gasteiger partial charge >= 0.3 is 6.03 Å². The molecule has 0 spiro atoms. The average molecular weight is 288 g/mol. The van der Waals surface area contributed by atoms with Gasteiger partial charge in [0.1, 0.15) is 0 Å². The van der Waals surface area contributed by atoms with Crippen molar-refractivity contribution in [3.05, 3.63) is 28.2 Å². The van der Waals surface area contributed by atoms with E-state index < -0.39 is 0 Å². The Hall–Kier alpha value is -0.970. The maximum absolute atomic E-state index is 12.0. The number of nitrogens with two attached hydrogens (primary N) is 1. The van der Waals surface area contributed by atoms with Crippen LogP contribution in [0.5, 0.6) is 0 Å². The number of piperidine rings is 1. The Balaban J connectivity index is 2.00. The molecule has 0 atom stereocenters. The van der Waals surface area contributed by atoms with E-state index in [0.717, 1.165) is 12.8 Å². The molecule has 3 N–H and O–H groups in total. The second-order valence-electron chi connectivity index (χ2n) is 4.38. The van der Waals surface area contributed by atoms with E-state index in [2.05, 4.69) is 5.32 Å². The number of carbonyl (C=O) groups excluding carboxylic acids is 1. The van der Waals surface area contributed by atoms with Gasteiger partial charge in [-0.3, -0.25) is 0 Å². The molecular weight excluding hydrogens is 273 g/mol. The van der Waals surface area contributed by atoms with Crippen molar-refractivity contribution in [1.82, 2.24) is 4.90 Å². The topological polar surface area (TPSA) is 58.4 Å². The quantitative estimate of drug-likeness (QED) is 0.834. The van der Waals surface area contributed by atoms with Crippen LogP contribution in [0.2, 0.25) is 10.0 Å². The Morgan fingerprint density at radius 2 is 2.00 bits per heavy atom. The summed E-state index contributed by atoms with van der Waals surface area (Å²) in [6.07, 6.45) is 1.66. The van der Waals surface area contributed by atoms with Gasteiger partial charge in [0.05, 0.1) is 10.7 Å². The Labute approximate surface area is 116 Å². The van der Waals surface area contributed by atoms with E-state index in [-0.39, 0.29) is 12.1 Å². The maximum Gasteiger partial charge on any atom is 0.321 e. The molecule has 0 bridgehead atoms. The van der Waals surface area contributed by atoms with E-state index in [9.17, 15) is 4.79 Å². The Kier molecular flexibility index (Phi) is 4.32. The largest absolute Gasteiger partial charge is 0.328 e. The molecule has 0 aromatic heterocycles. The lowest BCUT2D eigenvalue weighted by Crippen LogP contribution is -2.44. The number of rotatable bonds is 1. The smallest absolute Gasteiger partial charge is 0.321 e. The normalized spacial score (nSPS) is 16.7. The van der Waals surface area contributed by atoms with Crippen LogP contribution in [-0.4, -0.2) is 30.1 Å². The van der Waals surface area contributed by atoms with Crippen LogP contribution in [0.3, 0.4) is 0 Å². The average Bonchev–Trinajstić information content (AvgIpc) is 2.34. The summed E-state index contributed by atoms with van der Waals surface area (Å²) < 4.78 is 0. The summed E-state index contributed by atoms with van der Waals surface area (Å²) in [5.74, 6) is 0. The first-order valence-electron chi connectivity index (χ1n) is 5.83. The number of likely N-dealkylation sites (tertiary alicyclic amines) is 1. The molecule has 1 aliphatic rings. The summed E-state index contributed by atoms with van der Waals surface area (Å²) in [6.45, 7) is 1.34. The highest BCUT2D eigenvalue weighted by molar-refractivity contribution is 6.35. The molecule has 1 aromatic carbocycles. The summed E-state index contributed by atoms with van der Waals surface area (Å²) in [7, 11) is 0. The van der Waals surface area contributed by atoms with Gasteiger partial charge < -0.3 is 16.0 Å². The van der Waals surface area contributed by atoms with Gasteiger partial charge in [-0.15, -0.1) is 0 Å². The number of amides is 2. The van der Waals surface area contributed by atoms with Gasteiger partial charge in [-0.25, -0.2) is 4.79 Å². The molecule has 0 unspecified atom stereocenters. The van der Waals surface area contributed by atoms with Crippen LogP contribution >= 0.6 is 23.2 Å². The number of nitrogens with one attached hydrogen (secondary N) is 1. The molecule has 1 aromatic rings. The molecule has 1 fully saturated rings. The van der Waals surface area contributed by atoms with E-state index >= 15 is 0 Å². The van der Waals surface area contributed by atoms with Crippen molar-refractivity contribution in [1.29, 1.82) is 0 Å². The van der Waals surface area contributed by atoms with Gasteiger partial charge in [-0.1, -0.05) is 23.2 Å². The van der Waals surface area contributed by atoms with Crippen LogP contribution in [-0.2, 0) is 0 Å². The lowest BCUT2D eigenvalue weighted by molar-refractivity contribution is 0.195. The zero-order chi connectivity index (χ0) is 13.1. The molecule has 18 heavy (non-hydrogen) atoms. The Morgan fingerprint density at radius 1 is 1.33 bits per heavy atom. The fraction of sp³-hybridized carbons (Fsp3) is 0.417. The number of urea groups is 1. The fourth-order valence-electron chi connectivity index (χ4n) is 1.89. The van der Waals surface area contributed by atoms with Crippen LogP contribution in [0.1, 0.15) is 12.8 Å². The lowest BCUT2D eigenvalue weighted by atomic mass is 10.1. The molecule has 1 aliphatic heterocycles. The first-order chi connectivity index (χ1) is 8.56. The second kappa shape index (κ2) is 5.78. The molecule has 0 saturated carbocycles. The molecular formula is C12H15Cl2N3O. The number of benzene rings is 1. The standard InChI is InChI=1S/C12H15Cl2N3O/c13-8-1-2-10(14)11(7-8)16-12(18)17-5-3-9(15)4-6-17/h1-2,7,9H,3-6,15H2,(H,16,18). The fourth-order valence-corrected chi connectivity index (χ4v) is 2.23. The van der Waals surface area contributed by atoms with Crippen molar-refractivity contribution in [2.75, 3.05) is 18.4 Å². The van der Waals surface area contributed by atoms with E-state index in [1.54, 1.807) is 23.1 Å². The molecule has 0 aliphatic carbocycles. The van der Waals surface area contributed by atoms with Gasteiger partial charge in [0.2, 0.25) is 0 Å². The summed E-state index contributed by atoms with van der Waals surface area (Å²) in [5, 5.41) is 3.78. The number of hydrogen-bond acceptors (Lipinski definition) is 2. The van der Waals surface area contributed by atoms with Crippen molar-refractivity contribution in [2.24, 2.45) is 5.73 Å². The van der Waals surface area contributed by atoms with Crippen LogP contribution in [0, 0.1) is 0 Å². The molecule has 2 rings (SSSR count). The van der Waals surface area contributed by atoms with Gasteiger partial charge in [-0.2, -0.15) is 0 Å². The number of halogens is 2. The summed E-state index contributed by atoms with van der Waals surface area (Å²) in [5.41, 5.74) is 6.33. The second-order valence-corrected chi connectivity index (χ2v) is 5.22. The SMILES string of the molecule is NC1CCN(C(=O)Nc2cc(Cl)ccc2Cl)CC1. The molecule has 2 amide bonds. The number of hydrogen-bond donors (Lipinski definition) is 2. The molecule has 98 valence electrons. The van der Waals surface area contributed by atoms with Crippen LogP contribution in [0.15, 0.2) is 18.2 Å². The van der Waals surface area contributed by atoms with Crippen LogP contribution in [0.25, 0.3) is 0 Å². The van der Waals surface area contributed by atoms with Gasteiger partial charge in [0, 0.05) is 24.2 Å². The minimum atomic E-state index is -0.161. The van der Waals surface area contributed by atoms with E-state index in [1.165, 1.54) is 0 Å². The zero-order valence-corrected chi connectivity index (χ0v) is 11.3. The third-order valence-electron chi connectivity index (χ3n) is 3.00. The predicted molar refractivity (Wildman–Crippen MR) is 74.3 cm³/mol. The van der Waals surface area contributed by atoms with Crippen molar-refractivity contribution in [3.8, 4) is 0 Å². The Bertz CT molecular complexity index is 445. The summed E-state index contributed by atoms with van der Waals surface area (Å²) in [4.78, 5) is 13.7. The van der Waals surface area contributed by atoms with Crippen LogP contribution < -0.4 is 11.1 Å². The number of carbonyl (C=O) groups is 1. The van der Waals surface area contributed by atoms with Crippen molar-refractivity contribution in [2.45, 2.75) is 18.9 Å². The lowest BCUT2D eigenvalue weighted by Gasteiger charge is -2.30. The summed E-state index contributed by atoms with van der Waals surface area (Å²) in [6, 6.07) is 5.01. The molecule has 4 nitrogen and oxygen atoms in total. The minimum Gasteiger partial charge on any atom is -0.328 e. The van der Waals surface area contributed by atoms with E-state index in [0.29, 0.717) is 28.8 Å². The highest BCUT2D eigenvalue weighted by Gasteiger charge is 2.20. The van der Waals surface area contributed by atoms with E-state index in [4.69, 9.17) is 28.9 Å². The minimum absolute atomic E-state index is 0.161. The van der Waals surface area contributed by atoms with Crippen molar-refractivity contribution < 1.29 is 4.79 Å². The van der Waals surface area contributed by atoms with Gasteiger partial charge in [0.15, 0.2) is 0 Å². The summed E-state index contributed by atoms with van der Waals surface area (Å²) >= 11 is 11.9. The first kappa shape index (κ1) is 13.5.